The van der Waals surface area contributed by atoms with E-state index in [9.17, 15) is 9.90 Å². The number of benzene rings is 3. The van der Waals surface area contributed by atoms with Gasteiger partial charge in [-0.1, -0.05) is 54.3 Å². The van der Waals surface area contributed by atoms with E-state index in [4.69, 9.17) is 12.8 Å². The van der Waals surface area contributed by atoms with Crippen LogP contribution in [0.2, 0.25) is 0 Å². The molecule has 0 aliphatic heterocycles. The van der Waals surface area contributed by atoms with Crippen LogP contribution in [0.15, 0.2) is 66.7 Å². The zero-order valence-corrected chi connectivity index (χ0v) is 14.1. The van der Waals surface area contributed by atoms with Crippen LogP contribution >= 0.6 is 0 Å². The molecule has 2 nitrogen and oxygen atoms in total. The second kappa shape index (κ2) is 7.43. The van der Waals surface area contributed by atoms with E-state index in [0.29, 0.717) is 0 Å². The number of terminal acetylenes is 2. The molecule has 2 heteroatoms. The highest BCUT2D eigenvalue weighted by Gasteiger charge is 2.14. The van der Waals surface area contributed by atoms with E-state index < -0.39 is 5.97 Å². The first-order valence-electron chi connectivity index (χ1n) is 8.10. The Labute approximate surface area is 153 Å². The number of carbonyl (C=O) groups is 1. The maximum absolute atomic E-state index is 11.5. The van der Waals surface area contributed by atoms with E-state index >= 15 is 0 Å². The molecule has 0 aromatic heterocycles. The Kier molecular flexibility index (Phi) is 4.88. The lowest BCUT2D eigenvalue weighted by atomic mass is 9.89. The van der Waals surface area contributed by atoms with Crippen LogP contribution in [0.3, 0.4) is 0 Å². The van der Waals surface area contributed by atoms with Crippen LogP contribution in [0.4, 0.5) is 0 Å². The summed E-state index contributed by atoms with van der Waals surface area (Å²) in [5.74, 6) is 4.30. The summed E-state index contributed by atoms with van der Waals surface area (Å²) in [6.45, 7) is 0. The summed E-state index contributed by atoms with van der Waals surface area (Å²) in [5, 5.41) is 9.42. The Hall–Kier alpha value is -3.75. The molecule has 0 unspecified atom stereocenters. The molecule has 0 amide bonds. The first-order valence-corrected chi connectivity index (χ1v) is 8.10. The number of aliphatic carboxylic acids is 1. The molecule has 0 atom stereocenters. The monoisotopic (exact) mass is 336 g/mol. The highest BCUT2D eigenvalue weighted by molar-refractivity contribution is 5.84. The average molecular weight is 336 g/mol. The molecular weight excluding hydrogens is 320 g/mol. The van der Waals surface area contributed by atoms with Gasteiger partial charge in [0.15, 0.2) is 0 Å². The van der Waals surface area contributed by atoms with E-state index in [0.717, 1.165) is 38.9 Å². The summed E-state index contributed by atoms with van der Waals surface area (Å²) in [4.78, 5) is 11.5. The van der Waals surface area contributed by atoms with Gasteiger partial charge in [0.25, 0.3) is 0 Å². The Balaban J connectivity index is 2.16. The summed E-state index contributed by atoms with van der Waals surface area (Å²) in [5.41, 5.74) is 5.97. The van der Waals surface area contributed by atoms with Gasteiger partial charge in [0, 0.05) is 11.1 Å². The lowest BCUT2D eigenvalue weighted by Crippen LogP contribution is -2.04. The minimum absolute atomic E-state index is 0.0702. The average Bonchev–Trinajstić information content (AvgIpc) is 2.68. The van der Waals surface area contributed by atoms with Gasteiger partial charge in [-0.15, -0.1) is 12.8 Å². The Morgan fingerprint density at radius 3 is 1.54 bits per heavy atom. The van der Waals surface area contributed by atoms with Gasteiger partial charge < -0.3 is 5.11 Å². The van der Waals surface area contributed by atoms with Crippen molar-refractivity contribution in [2.24, 2.45) is 0 Å². The zero-order valence-electron chi connectivity index (χ0n) is 14.1. The van der Waals surface area contributed by atoms with Crippen LogP contribution in [0.25, 0.3) is 22.3 Å². The molecule has 0 aliphatic carbocycles. The highest BCUT2D eigenvalue weighted by atomic mass is 16.4. The molecular formula is C24H16O2. The number of carboxylic acid groups (broad SMARTS) is 1. The molecule has 26 heavy (non-hydrogen) atoms. The fourth-order valence-electron chi connectivity index (χ4n) is 2.96. The molecule has 0 fully saturated rings. The van der Waals surface area contributed by atoms with Gasteiger partial charge >= 0.3 is 5.97 Å². The molecule has 3 aromatic carbocycles. The lowest BCUT2D eigenvalue weighted by Gasteiger charge is -2.14. The predicted molar refractivity (Wildman–Crippen MR) is 105 cm³/mol. The SMILES string of the molecule is C#Cc1ccc(-c2cccc(-c3ccc(C#C)cc3)c2CC(=O)O)cc1. The maximum atomic E-state index is 11.5. The van der Waals surface area contributed by atoms with Crippen molar-refractivity contribution in [3.8, 4) is 46.9 Å². The van der Waals surface area contributed by atoms with Gasteiger partial charge in [0.1, 0.15) is 0 Å². The summed E-state index contributed by atoms with van der Waals surface area (Å²) < 4.78 is 0. The molecule has 3 aromatic rings. The minimum atomic E-state index is -0.876. The van der Waals surface area contributed by atoms with Crippen molar-refractivity contribution in [1.29, 1.82) is 0 Å². The second-order valence-electron chi connectivity index (χ2n) is 5.85. The largest absolute Gasteiger partial charge is 0.481 e. The molecule has 124 valence electrons. The first kappa shape index (κ1) is 17.1. The van der Waals surface area contributed by atoms with Crippen molar-refractivity contribution in [2.75, 3.05) is 0 Å². The fraction of sp³-hybridized carbons (Fsp3) is 0.0417. The van der Waals surface area contributed by atoms with E-state index in [1.165, 1.54) is 0 Å². The quantitative estimate of drug-likeness (QED) is 0.707. The van der Waals surface area contributed by atoms with Crippen LogP contribution < -0.4 is 0 Å². The number of carboxylic acids is 1. The molecule has 0 aliphatic rings. The molecule has 0 radical (unpaired) electrons. The normalized spacial score (nSPS) is 9.92. The zero-order chi connectivity index (χ0) is 18.5. The van der Waals surface area contributed by atoms with Crippen molar-refractivity contribution in [3.05, 3.63) is 83.4 Å². The van der Waals surface area contributed by atoms with Crippen molar-refractivity contribution in [2.45, 2.75) is 6.42 Å². The lowest BCUT2D eigenvalue weighted by molar-refractivity contribution is -0.136. The van der Waals surface area contributed by atoms with E-state index in [-0.39, 0.29) is 6.42 Å². The van der Waals surface area contributed by atoms with Gasteiger partial charge in [-0.25, -0.2) is 0 Å². The van der Waals surface area contributed by atoms with Crippen molar-refractivity contribution >= 4 is 5.97 Å². The van der Waals surface area contributed by atoms with Crippen LogP contribution in [0.5, 0.6) is 0 Å². The van der Waals surface area contributed by atoms with E-state index in [2.05, 4.69) is 11.8 Å². The standard InChI is InChI=1S/C24H16O2/c1-3-17-8-12-19(13-9-17)21-6-5-7-22(23(21)16-24(25)26)20-14-10-18(4-2)11-15-20/h1-2,5-15H,16H2,(H,25,26). The smallest absolute Gasteiger partial charge is 0.307 e. The third kappa shape index (κ3) is 3.51. The molecule has 0 bridgehead atoms. The molecule has 3 rings (SSSR count). The van der Waals surface area contributed by atoms with Crippen LogP contribution in [0, 0.1) is 24.7 Å². The number of rotatable bonds is 4. The van der Waals surface area contributed by atoms with Gasteiger partial charge in [-0.2, -0.15) is 0 Å². The van der Waals surface area contributed by atoms with Crippen molar-refractivity contribution < 1.29 is 9.90 Å². The molecule has 0 heterocycles. The van der Waals surface area contributed by atoms with Crippen molar-refractivity contribution in [1.82, 2.24) is 0 Å². The van der Waals surface area contributed by atoms with Gasteiger partial charge in [-0.3, -0.25) is 4.79 Å². The van der Waals surface area contributed by atoms with E-state index in [1.54, 1.807) is 0 Å². The summed E-state index contributed by atoms with van der Waals surface area (Å²) in [6.07, 6.45) is 10.8. The van der Waals surface area contributed by atoms with Crippen molar-refractivity contribution in [3.63, 3.8) is 0 Å². The van der Waals surface area contributed by atoms with Crippen LogP contribution in [-0.4, -0.2) is 11.1 Å². The number of hydrogen-bond donors (Lipinski definition) is 1. The van der Waals surface area contributed by atoms with Crippen LogP contribution in [-0.2, 0) is 11.2 Å². The summed E-state index contributed by atoms with van der Waals surface area (Å²) in [6, 6.07) is 20.9. The Morgan fingerprint density at radius 2 is 1.19 bits per heavy atom. The minimum Gasteiger partial charge on any atom is -0.481 e. The topological polar surface area (TPSA) is 37.3 Å². The Bertz CT molecular complexity index is 952. The number of hydrogen-bond acceptors (Lipinski definition) is 1. The molecule has 0 spiro atoms. The molecule has 1 N–H and O–H groups in total. The van der Waals surface area contributed by atoms with Gasteiger partial charge in [-0.05, 0) is 52.1 Å². The predicted octanol–water partition coefficient (Wildman–Crippen LogP) is 4.61. The van der Waals surface area contributed by atoms with Crippen LogP contribution in [0.1, 0.15) is 16.7 Å². The first-order chi connectivity index (χ1) is 12.6. The second-order valence-corrected chi connectivity index (χ2v) is 5.85. The Morgan fingerprint density at radius 1 is 0.769 bits per heavy atom. The third-order valence-electron chi connectivity index (χ3n) is 4.23. The van der Waals surface area contributed by atoms with E-state index in [1.807, 2.05) is 66.7 Å². The van der Waals surface area contributed by atoms with Gasteiger partial charge in [0.05, 0.1) is 6.42 Å². The molecule has 0 saturated carbocycles. The summed E-state index contributed by atoms with van der Waals surface area (Å²) in [7, 11) is 0. The fourth-order valence-corrected chi connectivity index (χ4v) is 2.96. The highest BCUT2D eigenvalue weighted by Crippen LogP contribution is 2.33. The maximum Gasteiger partial charge on any atom is 0.307 e. The molecule has 0 saturated heterocycles. The van der Waals surface area contributed by atoms with Gasteiger partial charge in [0.2, 0.25) is 0 Å². The summed E-state index contributed by atoms with van der Waals surface area (Å²) >= 11 is 0. The third-order valence-corrected chi connectivity index (χ3v) is 4.23.